The molecule has 1 aromatic carbocycles. The van der Waals surface area contributed by atoms with E-state index < -0.39 is 6.03 Å². The molecule has 4 heteroatoms. The Morgan fingerprint density at radius 3 is 2.50 bits per heavy atom. The van der Waals surface area contributed by atoms with E-state index in [4.69, 9.17) is 5.73 Å². The number of primary amides is 1. The van der Waals surface area contributed by atoms with Gasteiger partial charge >= 0.3 is 6.03 Å². The topological polar surface area (TPSA) is 67.5 Å². The molecule has 1 saturated carbocycles. The Hall–Kier alpha value is -1.84. The molecule has 1 aromatic rings. The van der Waals surface area contributed by atoms with Gasteiger partial charge in [0.25, 0.3) is 0 Å². The normalized spacial score (nSPS) is 16.6. The number of amides is 2. The van der Waals surface area contributed by atoms with Crippen LogP contribution in [0.1, 0.15) is 24.8 Å². The van der Waals surface area contributed by atoms with Crippen LogP contribution in [0, 0.1) is 5.92 Å². The highest BCUT2D eigenvalue weighted by atomic mass is 16.2. The Morgan fingerprint density at radius 2 is 2.00 bits per heavy atom. The average molecular weight is 217 g/mol. The number of carbonyl (C=O) groups excluding carboxylic acids is 1. The molecule has 0 heterocycles. The average Bonchev–Trinajstić information content (AvgIpc) is 2.22. The fourth-order valence-electron chi connectivity index (χ4n) is 1.80. The van der Waals surface area contributed by atoms with Gasteiger partial charge in [-0.3, -0.25) is 0 Å². The van der Waals surface area contributed by atoms with Gasteiger partial charge in [-0.25, -0.2) is 10.2 Å². The molecule has 0 bridgehead atoms. The molecule has 3 N–H and O–H groups in total. The van der Waals surface area contributed by atoms with Gasteiger partial charge in [-0.1, -0.05) is 36.8 Å². The smallest absolute Gasteiger partial charge is 0.332 e. The fraction of sp³-hybridized carbons (Fsp3) is 0.333. The van der Waals surface area contributed by atoms with Crippen molar-refractivity contribution < 1.29 is 4.79 Å². The molecule has 0 unspecified atom stereocenters. The van der Waals surface area contributed by atoms with Crippen LogP contribution in [0.15, 0.2) is 35.4 Å². The van der Waals surface area contributed by atoms with E-state index in [2.05, 4.69) is 10.5 Å². The number of hydrazone groups is 1. The summed E-state index contributed by atoms with van der Waals surface area (Å²) in [5.41, 5.74) is 9.33. The maximum Gasteiger partial charge on any atom is 0.332 e. The number of benzene rings is 1. The monoisotopic (exact) mass is 217 g/mol. The molecule has 0 saturated heterocycles. The second-order valence-corrected chi connectivity index (χ2v) is 3.97. The van der Waals surface area contributed by atoms with Gasteiger partial charge in [-0.2, -0.15) is 5.10 Å². The lowest BCUT2D eigenvalue weighted by Crippen LogP contribution is -2.30. The molecular formula is C12H15N3O. The van der Waals surface area contributed by atoms with E-state index >= 15 is 0 Å². The summed E-state index contributed by atoms with van der Waals surface area (Å²) in [4.78, 5) is 10.7. The van der Waals surface area contributed by atoms with E-state index in [-0.39, 0.29) is 0 Å². The van der Waals surface area contributed by atoms with Crippen molar-refractivity contribution in [3.8, 4) is 0 Å². The molecule has 4 nitrogen and oxygen atoms in total. The Kier molecular flexibility index (Phi) is 3.19. The summed E-state index contributed by atoms with van der Waals surface area (Å²) in [6.45, 7) is 0. The van der Waals surface area contributed by atoms with Crippen molar-refractivity contribution >= 4 is 11.7 Å². The lowest BCUT2D eigenvalue weighted by molar-refractivity contribution is 0.249. The number of urea groups is 1. The van der Waals surface area contributed by atoms with Crippen molar-refractivity contribution in [1.82, 2.24) is 5.43 Å². The van der Waals surface area contributed by atoms with Crippen molar-refractivity contribution in [3.63, 3.8) is 0 Å². The number of nitrogens with one attached hydrogen (secondary N) is 1. The van der Waals surface area contributed by atoms with E-state index in [0.29, 0.717) is 5.92 Å². The van der Waals surface area contributed by atoms with Crippen LogP contribution in [0.25, 0.3) is 0 Å². The van der Waals surface area contributed by atoms with Crippen LogP contribution >= 0.6 is 0 Å². The van der Waals surface area contributed by atoms with Crippen molar-refractivity contribution in [2.45, 2.75) is 19.3 Å². The van der Waals surface area contributed by atoms with Crippen molar-refractivity contribution in [2.75, 3.05) is 0 Å². The minimum Gasteiger partial charge on any atom is -0.350 e. The van der Waals surface area contributed by atoms with Gasteiger partial charge in [0.05, 0.1) is 5.71 Å². The van der Waals surface area contributed by atoms with E-state index in [0.717, 1.165) is 24.1 Å². The van der Waals surface area contributed by atoms with Gasteiger partial charge in [-0.05, 0) is 18.4 Å². The zero-order chi connectivity index (χ0) is 11.4. The van der Waals surface area contributed by atoms with E-state index in [1.54, 1.807) is 0 Å². The lowest BCUT2D eigenvalue weighted by Gasteiger charge is -2.26. The molecule has 0 atom stereocenters. The number of carbonyl (C=O) groups is 1. The maximum absolute atomic E-state index is 10.7. The first-order valence-corrected chi connectivity index (χ1v) is 5.46. The molecule has 1 aliphatic carbocycles. The minimum absolute atomic E-state index is 0.453. The van der Waals surface area contributed by atoms with Crippen molar-refractivity contribution in [3.05, 3.63) is 35.9 Å². The number of hydrogen-bond donors (Lipinski definition) is 2. The first-order valence-electron chi connectivity index (χ1n) is 5.46. The van der Waals surface area contributed by atoms with Crippen LogP contribution in [0.2, 0.25) is 0 Å². The Balaban J connectivity index is 2.20. The molecule has 2 rings (SSSR count). The van der Waals surface area contributed by atoms with Gasteiger partial charge < -0.3 is 5.73 Å². The lowest BCUT2D eigenvalue weighted by atomic mass is 9.79. The van der Waals surface area contributed by atoms with Crippen LogP contribution in [-0.4, -0.2) is 11.7 Å². The molecule has 2 amide bonds. The first kappa shape index (κ1) is 10.7. The first-order chi connectivity index (χ1) is 7.77. The van der Waals surface area contributed by atoms with Gasteiger partial charge in [-0.15, -0.1) is 0 Å². The third-order valence-corrected chi connectivity index (χ3v) is 2.85. The zero-order valence-electron chi connectivity index (χ0n) is 9.02. The fourth-order valence-corrected chi connectivity index (χ4v) is 1.80. The summed E-state index contributed by atoms with van der Waals surface area (Å²) in [5.74, 6) is 0.453. The van der Waals surface area contributed by atoms with E-state index in [1.807, 2.05) is 30.3 Å². The molecule has 84 valence electrons. The van der Waals surface area contributed by atoms with E-state index in [1.165, 1.54) is 6.42 Å². The Bertz CT molecular complexity index is 396. The number of rotatable bonds is 3. The van der Waals surface area contributed by atoms with Crippen LogP contribution in [0.5, 0.6) is 0 Å². The highest BCUT2D eigenvalue weighted by molar-refractivity contribution is 6.03. The quantitative estimate of drug-likeness (QED) is 0.589. The second-order valence-electron chi connectivity index (χ2n) is 3.97. The summed E-state index contributed by atoms with van der Waals surface area (Å²) in [7, 11) is 0. The molecule has 0 radical (unpaired) electrons. The van der Waals surface area contributed by atoms with Crippen LogP contribution in [0.4, 0.5) is 4.79 Å². The van der Waals surface area contributed by atoms with Crippen LogP contribution in [0.3, 0.4) is 0 Å². The van der Waals surface area contributed by atoms with Crippen LogP contribution < -0.4 is 11.2 Å². The highest BCUT2D eigenvalue weighted by Crippen LogP contribution is 2.30. The summed E-state index contributed by atoms with van der Waals surface area (Å²) in [5, 5.41) is 4.11. The summed E-state index contributed by atoms with van der Waals surface area (Å²) in [6, 6.07) is 9.28. The molecule has 1 fully saturated rings. The predicted molar refractivity (Wildman–Crippen MR) is 63.0 cm³/mol. The zero-order valence-corrected chi connectivity index (χ0v) is 9.02. The molecule has 1 aliphatic rings. The van der Waals surface area contributed by atoms with Gasteiger partial charge in [0.2, 0.25) is 0 Å². The largest absolute Gasteiger partial charge is 0.350 e. The second kappa shape index (κ2) is 4.79. The summed E-state index contributed by atoms with van der Waals surface area (Å²) < 4.78 is 0. The van der Waals surface area contributed by atoms with Crippen molar-refractivity contribution in [2.24, 2.45) is 16.8 Å². The van der Waals surface area contributed by atoms with Crippen LogP contribution in [-0.2, 0) is 0 Å². The molecular weight excluding hydrogens is 202 g/mol. The van der Waals surface area contributed by atoms with Gasteiger partial charge in [0.1, 0.15) is 0 Å². The SMILES string of the molecule is NC(=O)NN=C(c1ccccc1)C1CCC1. The van der Waals surface area contributed by atoms with Gasteiger partial charge in [0.15, 0.2) is 0 Å². The summed E-state index contributed by atoms with van der Waals surface area (Å²) >= 11 is 0. The molecule has 0 spiro atoms. The number of hydrogen-bond acceptors (Lipinski definition) is 2. The molecule has 16 heavy (non-hydrogen) atoms. The predicted octanol–water partition coefficient (Wildman–Crippen LogP) is 1.86. The van der Waals surface area contributed by atoms with Gasteiger partial charge in [0, 0.05) is 5.92 Å². The molecule has 0 aliphatic heterocycles. The standard InChI is InChI=1S/C12H15N3O/c13-12(16)15-14-11(10-7-4-8-10)9-5-2-1-3-6-9/h1-3,5-6,10H,4,7-8H2,(H3,13,15,16). The highest BCUT2D eigenvalue weighted by Gasteiger charge is 2.24. The number of nitrogens with two attached hydrogens (primary N) is 1. The van der Waals surface area contributed by atoms with E-state index in [9.17, 15) is 4.79 Å². The third kappa shape index (κ3) is 2.39. The Morgan fingerprint density at radius 1 is 1.31 bits per heavy atom. The number of nitrogens with zero attached hydrogens (tertiary/aromatic N) is 1. The maximum atomic E-state index is 10.7. The third-order valence-electron chi connectivity index (χ3n) is 2.85. The summed E-state index contributed by atoms with van der Waals surface area (Å²) in [6.07, 6.45) is 3.50. The minimum atomic E-state index is -0.618. The Labute approximate surface area is 94.5 Å². The van der Waals surface area contributed by atoms with Crippen molar-refractivity contribution in [1.29, 1.82) is 0 Å². The molecule has 0 aromatic heterocycles.